The normalized spacial score (nSPS) is 14.1. The van der Waals surface area contributed by atoms with Gasteiger partial charge in [-0.1, -0.05) is 60.7 Å². The summed E-state index contributed by atoms with van der Waals surface area (Å²) in [6, 6.07) is 24.4. The zero-order chi connectivity index (χ0) is 27.5. The Bertz CT molecular complexity index is 1520. The van der Waals surface area contributed by atoms with E-state index in [0.29, 0.717) is 41.1 Å². The Morgan fingerprint density at radius 2 is 1.44 bits per heavy atom. The van der Waals surface area contributed by atoms with Crippen LogP contribution in [0.5, 0.6) is 5.75 Å². The number of rotatable bonds is 6. The smallest absolute Gasteiger partial charge is 0.340 e. The van der Waals surface area contributed by atoms with E-state index in [1.807, 2.05) is 24.0 Å². The molecule has 1 fully saturated rings. The van der Waals surface area contributed by atoms with E-state index >= 15 is 0 Å². The van der Waals surface area contributed by atoms with Gasteiger partial charge in [0.2, 0.25) is 5.91 Å². The summed E-state index contributed by atoms with van der Waals surface area (Å²) in [4.78, 5) is 41.9. The zero-order valence-corrected chi connectivity index (χ0v) is 22.5. The highest BCUT2D eigenvalue weighted by Gasteiger charge is 2.29. The maximum atomic E-state index is 13.3. The van der Waals surface area contributed by atoms with E-state index in [0.717, 1.165) is 18.5 Å². The molecular formula is C32H32N2O5. The largest absolute Gasteiger partial charge is 0.426 e. The third-order valence-corrected chi connectivity index (χ3v) is 7.50. The van der Waals surface area contributed by atoms with Gasteiger partial charge in [-0.3, -0.25) is 14.5 Å². The first kappa shape index (κ1) is 26.4. The van der Waals surface area contributed by atoms with Gasteiger partial charge in [0.15, 0.2) is 0 Å². The highest BCUT2D eigenvalue weighted by Crippen LogP contribution is 2.31. The van der Waals surface area contributed by atoms with Crippen LogP contribution in [-0.2, 0) is 16.0 Å². The summed E-state index contributed by atoms with van der Waals surface area (Å²) in [7, 11) is 0. The molecule has 7 nitrogen and oxygen atoms in total. The molecule has 7 heteroatoms. The predicted octanol–water partition coefficient (Wildman–Crippen LogP) is 4.81. The summed E-state index contributed by atoms with van der Waals surface area (Å²) < 4.78 is 10.9. The lowest BCUT2D eigenvalue weighted by molar-refractivity contribution is -0.133. The minimum Gasteiger partial charge on any atom is -0.426 e. The SMILES string of the molecule is CC(=O)Oc1ccc2c(C)c(CC(=O)N3CCN(C(c4ccccc4)c4ccccc4)CC3)c(=O)oc2c1C. The molecular weight excluding hydrogens is 492 g/mol. The lowest BCUT2D eigenvalue weighted by Gasteiger charge is -2.40. The summed E-state index contributed by atoms with van der Waals surface area (Å²) >= 11 is 0. The minimum absolute atomic E-state index is 0.0182. The Morgan fingerprint density at radius 1 is 0.846 bits per heavy atom. The van der Waals surface area contributed by atoms with Crippen LogP contribution in [-0.4, -0.2) is 47.9 Å². The molecule has 0 unspecified atom stereocenters. The van der Waals surface area contributed by atoms with Gasteiger partial charge in [-0.2, -0.15) is 0 Å². The average Bonchev–Trinajstić information content (AvgIpc) is 2.94. The molecule has 3 aromatic carbocycles. The number of piperazine rings is 1. The van der Waals surface area contributed by atoms with Crippen molar-refractivity contribution in [3.8, 4) is 5.75 Å². The lowest BCUT2D eigenvalue weighted by Crippen LogP contribution is -2.50. The molecule has 1 aliphatic rings. The number of carbonyl (C=O) groups excluding carboxylic acids is 2. The molecule has 0 spiro atoms. The van der Waals surface area contributed by atoms with Crippen molar-refractivity contribution in [2.24, 2.45) is 0 Å². The number of hydrogen-bond donors (Lipinski definition) is 0. The maximum absolute atomic E-state index is 13.3. The Balaban J connectivity index is 1.32. The van der Waals surface area contributed by atoms with Gasteiger partial charge in [-0.15, -0.1) is 0 Å². The number of fused-ring (bicyclic) bond motifs is 1. The number of esters is 1. The fourth-order valence-corrected chi connectivity index (χ4v) is 5.42. The third-order valence-electron chi connectivity index (χ3n) is 7.50. The van der Waals surface area contributed by atoms with E-state index < -0.39 is 11.6 Å². The van der Waals surface area contributed by atoms with E-state index in [-0.39, 0.29) is 18.4 Å². The van der Waals surface area contributed by atoms with Crippen LogP contribution in [0.3, 0.4) is 0 Å². The molecule has 0 saturated carbocycles. The van der Waals surface area contributed by atoms with Crippen molar-refractivity contribution >= 4 is 22.8 Å². The fourth-order valence-electron chi connectivity index (χ4n) is 5.42. The van der Waals surface area contributed by atoms with Crippen molar-refractivity contribution in [3.05, 3.63) is 111 Å². The fraction of sp³-hybridized carbons (Fsp3) is 0.281. The predicted molar refractivity (Wildman–Crippen MR) is 150 cm³/mol. The van der Waals surface area contributed by atoms with Gasteiger partial charge in [0.25, 0.3) is 0 Å². The van der Waals surface area contributed by atoms with Crippen LogP contribution < -0.4 is 10.4 Å². The summed E-state index contributed by atoms with van der Waals surface area (Å²) in [5.41, 5.74) is 3.92. The van der Waals surface area contributed by atoms with Crippen molar-refractivity contribution in [2.45, 2.75) is 33.2 Å². The molecule has 2 heterocycles. The van der Waals surface area contributed by atoms with Crippen LogP contribution >= 0.6 is 0 Å². The molecule has 4 aromatic rings. The molecule has 0 bridgehead atoms. The molecule has 1 aliphatic heterocycles. The number of nitrogens with zero attached hydrogens (tertiary/aromatic N) is 2. The first-order valence-electron chi connectivity index (χ1n) is 13.2. The van der Waals surface area contributed by atoms with Gasteiger partial charge in [-0.25, -0.2) is 4.79 Å². The maximum Gasteiger partial charge on any atom is 0.340 e. The van der Waals surface area contributed by atoms with Gasteiger partial charge >= 0.3 is 11.6 Å². The van der Waals surface area contributed by atoms with Crippen molar-refractivity contribution in [2.75, 3.05) is 26.2 Å². The van der Waals surface area contributed by atoms with Crippen molar-refractivity contribution in [1.82, 2.24) is 9.80 Å². The van der Waals surface area contributed by atoms with Gasteiger partial charge < -0.3 is 14.1 Å². The van der Waals surface area contributed by atoms with Crippen LogP contribution in [0.4, 0.5) is 0 Å². The highest BCUT2D eigenvalue weighted by atomic mass is 16.5. The van der Waals surface area contributed by atoms with Gasteiger partial charge in [0.1, 0.15) is 11.3 Å². The topological polar surface area (TPSA) is 80.1 Å². The molecule has 5 rings (SSSR count). The Hall–Kier alpha value is -4.23. The minimum atomic E-state index is -0.539. The number of amides is 1. The Morgan fingerprint density at radius 3 is 2.00 bits per heavy atom. The molecule has 0 atom stereocenters. The summed E-state index contributed by atoms with van der Waals surface area (Å²) in [5, 5.41) is 0.726. The monoisotopic (exact) mass is 524 g/mol. The molecule has 200 valence electrons. The first-order valence-corrected chi connectivity index (χ1v) is 13.2. The van der Waals surface area contributed by atoms with Crippen LogP contribution in [0, 0.1) is 13.8 Å². The van der Waals surface area contributed by atoms with E-state index in [9.17, 15) is 14.4 Å². The standard InChI is InChI=1S/C32H32N2O5/c1-21-26-14-15-28(38-23(3)35)22(2)31(26)39-32(37)27(21)20-29(36)33-16-18-34(19-17-33)30(24-10-6-4-7-11-24)25-12-8-5-9-13-25/h4-15,30H,16-20H2,1-3H3. The summed E-state index contributed by atoms with van der Waals surface area (Å²) in [5.74, 6) is -0.185. The zero-order valence-electron chi connectivity index (χ0n) is 22.5. The third kappa shape index (κ3) is 5.49. The van der Waals surface area contributed by atoms with E-state index in [4.69, 9.17) is 9.15 Å². The average molecular weight is 525 g/mol. The number of aryl methyl sites for hydroxylation is 2. The van der Waals surface area contributed by atoms with Crippen molar-refractivity contribution in [3.63, 3.8) is 0 Å². The van der Waals surface area contributed by atoms with Gasteiger partial charge in [0, 0.05) is 44.1 Å². The number of benzene rings is 3. The molecule has 0 N–H and O–H groups in total. The van der Waals surface area contributed by atoms with Crippen molar-refractivity contribution in [1.29, 1.82) is 0 Å². The van der Waals surface area contributed by atoms with E-state index in [1.54, 1.807) is 19.1 Å². The van der Waals surface area contributed by atoms with E-state index in [1.165, 1.54) is 18.1 Å². The number of hydrogen-bond acceptors (Lipinski definition) is 6. The number of carbonyl (C=O) groups is 2. The second-order valence-electron chi connectivity index (χ2n) is 9.97. The van der Waals surface area contributed by atoms with Crippen molar-refractivity contribution < 1.29 is 18.7 Å². The first-order chi connectivity index (χ1) is 18.8. The molecule has 39 heavy (non-hydrogen) atoms. The molecule has 1 amide bonds. The van der Waals surface area contributed by atoms with Crippen LogP contribution in [0.1, 0.15) is 40.8 Å². The Kier molecular flexibility index (Phi) is 7.61. The molecule has 0 radical (unpaired) electrons. The molecule has 0 aliphatic carbocycles. The van der Waals surface area contributed by atoms with Crippen LogP contribution in [0.15, 0.2) is 82.0 Å². The molecule has 1 aromatic heterocycles. The Labute approximate surface area is 227 Å². The van der Waals surface area contributed by atoms with Crippen LogP contribution in [0.25, 0.3) is 11.0 Å². The quantitative estimate of drug-likeness (QED) is 0.205. The van der Waals surface area contributed by atoms with Gasteiger partial charge in [0.05, 0.1) is 18.0 Å². The summed E-state index contributed by atoms with van der Waals surface area (Å²) in [6.07, 6.45) is -0.0182. The molecule has 1 saturated heterocycles. The highest BCUT2D eigenvalue weighted by molar-refractivity contribution is 5.88. The lowest BCUT2D eigenvalue weighted by atomic mass is 9.96. The van der Waals surface area contributed by atoms with Gasteiger partial charge in [-0.05, 0) is 42.7 Å². The second kappa shape index (κ2) is 11.3. The van der Waals surface area contributed by atoms with E-state index in [2.05, 4.69) is 53.4 Å². The number of ether oxygens (including phenoxy) is 1. The van der Waals surface area contributed by atoms with Crippen LogP contribution in [0.2, 0.25) is 0 Å². The second-order valence-corrected chi connectivity index (χ2v) is 9.97. The summed E-state index contributed by atoms with van der Waals surface area (Å²) in [6.45, 7) is 7.51.